The average Bonchev–Trinajstić information content (AvgIpc) is 2.77. The van der Waals surface area contributed by atoms with Gasteiger partial charge in [0, 0.05) is 5.39 Å². The number of nitrogens with one attached hydrogen (secondary N) is 1. The van der Waals surface area contributed by atoms with Crippen LogP contribution in [0.3, 0.4) is 0 Å². The lowest BCUT2D eigenvalue weighted by Gasteiger charge is -2.00. The molecule has 4 heteroatoms. The molecule has 0 saturated carbocycles. The highest BCUT2D eigenvalue weighted by atomic mass is 16.5. The summed E-state index contributed by atoms with van der Waals surface area (Å²) in [6.45, 7) is 2.34. The van der Waals surface area contributed by atoms with Crippen molar-refractivity contribution in [2.75, 3.05) is 20.2 Å². The van der Waals surface area contributed by atoms with Gasteiger partial charge in [-0.25, -0.2) is 0 Å². The van der Waals surface area contributed by atoms with E-state index in [1.54, 1.807) is 7.11 Å². The molecule has 1 heterocycles. The van der Waals surface area contributed by atoms with E-state index < -0.39 is 0 Å². The molecule has 0 aliphatic carbocycles. The van der Waals surface area contributed by atoms with Gasteiger partial charge in [-0.05, 0) is 31.6 Å². The van der Waals surface area contributed by atoms with Crippen LogP contribution in [0.15, 0.2) is 28.7 Å². The first-order valence-electron chi connectivity index (χ1n) is 5.81. The van der Waals surface area contributed by atoms with Crippen molar-refractivity contribution in [2.24, 2.45) is 5.73 Å². The fraction of sp³-hybridized carbons (Fsp3) is 0.385. The molecule has 0 radical (unpaired) electrons. The molecule has 1 aromatic carbocycles. The zero-order valence-corrected chi connectivity index (χ0v) is 10.0. The van der Waals surface area contributed by atoms with Crippen LogP contribution in [0.25, 0.3) is 11.0 Å². The van der Waals surface area contributed by atoms with Gasteiger partial charge in [0.2, 0.25) is 0 Å². The van der Waals surface area contributed by atoms with Crippen molar-refractivity contribution < 1.29 is 9.15 Å². The highest BCUT2D eigenvalue weighted by Crippen LogP contribution is 2.28. The Bertz CT molecular complexity index is 479. The maximum Gasteiger partial charge on any atom is 0.176 e. The lowest BCUT2D eigenvalue weighted by molar-refractivity contribution is 0.406. The summed E-state index contributed by atoms with van der Waals surface area (Å²) in [5.74, 6) is 1.69. The van der Waals surface area contributed by atoms with Gasteiger partial charge in [0.05, 0.1) is 13.7 Å². The summed E-state index contributed by atoms with van der Waals surface area (Å²) in [4.78, 5) is 0. The summed E-state index contributed by atoms with van der Waals surface area (Å²) >= 11 is 0. The van der Waals surface area contributed by atoms with Gasteiger partial charge in [-0.1, -0.05) is 12.1 Å². The monoisotopic (exact) mass is 234 g/mol. The van der Waals surface area contributed by atoms with Crippen LogP contribution >= 0.6 is 0 Å². The second-order valence-corrected chi connectivity index (χ2v) is 3.91. The summed E-state index contributed by atoms with van der Waals surface area (Å²) in [7, 11) is 1.65. The van der Waals surface area contributed by atoms with E-state index in [9.17, 15) is 0 Å². The second kappa shape index (κ2) is 5.70. The smallest absolute Gasteiger partial charge is 0.176 e. The largest absolute Gasteiger partial charge is 0.493 e. The maximum absolute atomic E-state index is 5.75. The van der Waals surface area contributed by atoms with Crippen molar-refractivity contribution in [1.29, 1.82) is 0 Å². The molecule has 2 rings (SSSR count). The predicted octanol–water partition coefficient (Wildman–Crippen LogP) is 1.88. The van der Waals surface area contributed by atoms with Crippen molar-refractivity contribution in [1.82, 2.24) is 5.32 Å². The van der Waals surface area contributed by atoms with Crippen LogP contribution < -0.4 is 15.8 Å². The summed E-state index contributed by atoms with van der Waals surface area (Å²) in [6.07, 6.45) is 0.976. The molecule has 3 N–H and O–H groups in total. The van der Waals surface area contributed by atoms with E-state index in [1.807, 2.05) is 24.3 Å². The van der Waals surface area contributed by atoms with E-state index in [1.165, 1.54) is 0 Å². The Hall–Kier alpha value is -1.52. The molecule has 0 fully saturated rings. The van der Waals surface area contributed by atoms with Crippen LogP contribution in [-0.4, -0.2) is 20.2 Å². The Kier molecular flexibility index (Phi) is 4.01. The number of furan rings is 1. The third kappa shape index (κ3) is 2.78. The maximum atomic E-state index is 5.75. The van der Waals surface area contributed by atoms with Crippen LogP contribution in [0.2, 0.25) is 0 Å². The van der Waals surface area contributed by atoms with E-state index in [4.69, 9.17) is 14.9 Å². The number of fused-ring (bicyclic) bond motifs is 1. The number of ether oxygens (including phenoxy) is 1. The molecule has 0 amide bonds. The molecule has 0 aliphatic rings. The quantitative estimate of drug-likeness (QED) is 0.749. The third-order valence-electron chi connectivity index (χ3n) is 2.64. The van der Waals surface area contributed by atoms with Crippen molar-refractivity contribution in [3.63, 3.8) is 0 Å². The molecule has 0 aliphatic heterocycles. The van der Waals surface area contributed by atoms with Crippen LogP contribution in [0.5, 0.6) is 5.75 Å². The molecule has 1 aromatic heterocycles. The van der Waals surface area contributed by atoms with Gasteiger partial charge in [-0.15, -0.1) is 0 Å². The topological polar surface area (TPSA) is 60.4 Å². The Morgan fingerprint density at radius 1 is 1.41 bits per heavy atom. The number of hydrogen-bond acceptors (Lipinski definition) is 4. The minimum atomic E-state index is 0.709. The highest BCUT2D eigenvalue weighted by Gasteiger charge is 2.07. The highest BCUT2D eigenvalue weighted by molar-refractivity contribution is 5.83. The normalized spacial score (nSPS) is 10.9. The van der Waals surface area contributed by atoms with Crippen molar-refractivity contribution in [3.05, 3.63) is 30.0 Å². The fourth-order valence-corrected chi connectivity index (χ4v) is 1.78. The van der Waals surface area contributed by atoms with Gasteiger partial charge in [0.15, 0.2) is 11.3 Å². The van der Waals surface area contributed by atoms with Crippen LogP contribution in [0.4, 0.5) is 0 Å². The van der Waals surface area contributed by atoms with Gasteiger partial charge in [0.25, 0.3) is 0 Å². The van der Waals surface area contributed by atoms with E-state index in [0.717, 1.165) is 42.0 Å². The van der Waals surface area contributed by atoms with E-state index >= 15 is 0 Å². The third-order valence-corrected chi connectivity index (χ3v) is 2.64. The number of methoxy groups -OCH3 is 1. The number of benzene rings is 1. The molecule has 4 nitrogen and oxygen atoms in total. The summed E-state index contributed by atoms with van der Waals surface area (Å²) in [5, 5.41) is 4.36. The van der Waals surface area contributed by atoms with E-state index in [-0.39, 0.29) is 0 Å². The van der Waals surface area contributed by atoms with Gasteiger partial charge >= 0.3 is 0 Å². The molecular weight excluding hydrogens is 216 g/mol. The molecule has 0 unspecified atom stereocenters. The van der Waals surface area contributed by atoms with Crippen molar-refractivity contribution in [3.8, 4) is 5.75 Å². The molecule has 0 bridgehead atoms. The van der Waals surface area contributed by atoms with Gasteiger partial charge in [-0.3, -0.25) is 0 Å². The number of hydrogen-bond donors (Lipinski definition) is 2. The fourth-order valence-electron chi connectivity index (χ4n) is 1.78. The lowest BCUT2D eigenvalue weighted by atomic mass is 10.2. The molecule has 17 heavy (non-hydrogen) atoms. The van der Waals surface area contributed by atoms with E-state index in [2.05, 4.69) is 5.32 Å². The molecular formula is C13H18N2O2. The number of nitrogens with two attached hydrogens (primary N) is 1. The lowest BCUT2D eigenvalue weighted by Crippen LogP contribution is -2.17. The standard InChI is InChI=1S/C13H18N2O2/c1-16-12-5-2-4-10-8-11(17-13(10)12)9-15-7-3-6-14/h2,4-5,8,15H,3,6-7,9,14H2,1H3. The van der Waals surface area contributed by atoms with Crippen molar-refractivity contribution >= 4 is 11.0 Å². The minimum Gasteiger partial charge on any atom is -0.493 e. The summed E-state index contributed by atoms with van der Waals surface area (Å²) in [6, 6.07) is 7.91. The van der Waals surface area contributed by atoms with E-state index in [0.29, 0.717) is 6.54 Å². The van der Waals surface area contributed by atoms with Crippen molar-refractivity contribution in [2.45, 2.75) is 13.0 Å². The van der Waals surface area contributed by atoms with Crippen LogP contribution in [0.1, 0.15) is 12.2 Å². The molecule has 0 spiro atoms. The molecule has 0 saturated heterocycles. The predicted molar refractivity (Wildman–Crippen MR) is 68.1 cm³/mol. The molecule has 2 aromatic rings. The molecule has 0 atom stereocenters. The Morgan fingerprint density at radius 2 is 2.29 bits per heavy atom. The van der Waals surface area contributed by atoms with Gasteiger partial charge < -0.3 is 20.2 Å². The Balaban J connectivity index is 2.09. The SMILES string of the molecule is COc1cccc2cc(CNCCCN)oc12. The number of rotatable bonds is 6. The first kappa shape index (κ1) is 12.0. The summed E-state index contributed by atoms with van der Waals surface area (Å²) < 4.78 is 11.0. The summed E-state index contributed by atoms with van der Waals surface area (Å²) in [5.41, 5.74) is 6.24. The first-order chi connectivity index (χ1) is 8.35. The molecule has 92 valence electrons. The zero-order valence-electron chi connectivity index (χ0n) is 10.0. The number of para-hydroxylation sites is 1. The van der Waals surface area contributed by atoms with Crippen LogP contribution in [0, 0.1) is 0 Å². The zero-order chi connectivity index (χ0) is 12.1. The first-order valence-corrected chi connectivity index (χ1v) is 5.81. The van der Waals surface area contributed by atoms with Gasteiger partial charge in [-0.2, -0.15) is 0 Å². The average molecular weight is 234 g/mol. The Labute approximate surface area is 101 Å². The van der Waals surface area contributed by atoms with Gasteiger partial charge in [0.1, 0.15) is 5.76 Å². The second-order valence-electron chi connectivity index (χ2n) is 3.91. The minimum absolute atomic E-state index is 0.709. The van der Waals surface area contributed by atoms with Crippen LogP contribution in [-0.2, 0) is 6.54 Å². The Morgan fingerprint density at radius 3 is 3.06 bits per heavy atom.